The molecule has 0 radical (unpaired) electrons. The molecule has 2 aromatic carbocycles. The Morgan fingerprint density at radius 1 is 0.941 bits per heavy atom. The van der Waals surface area contributed by atoms with Gasteiger partial charge in [0, 0.05) is 19.4 Å². The molecule has 3 heterocycles. The summed E-state index contributed by atoms with van der Waals surface area (Å²) in [5, 5.41) is 9.20. The molecule has 0 bridgehead atoms. The van der Waals surface area contributed by atoms with Gasteiger partial charge < -0.3 is 0 Å². The third-order valence-corrected chi connectivity index (χ3v) is 5.55. The standard InChI is InChI=1S/C27H21N7/c1-19-5-3-11-30-26(19)33(17-29-2)23-13-22(21-9-7-20(16-28)8-10-21)14-24(15-23)34-18-32-25-6-4-12-31-27(25)34/h3-15,17-18H,1-2H3. The van der Waals surface area contributed by atoms with Crippen LogP contribution in [-0.2, 0) is 0 Å². The molecular weight excluding hydrogens is 422 g/mol. The number of hydrogen-bond acceptors (Lipinski definition) is 5. The first kappa shape index (κ1) is 21.0. The highest BCUT2D eigenvalue weighted by Gasteiger charge is 2.16. The van der Waals surface area contributed by atoms with Crippen LogP contribution in [0, 0.1) is 18.3 Å². The maximum absolute atomic E-state index is 9.20. The first-order chi connectivity index (χ1) is 16.7. The Kier molecular flexibility index (Phi) is 5.55. The zero-order chi connectivity index (χ0) is 23.5. The minimum atomic E-state index is 0.619. The van der Waals surface area contributed by atoms with Crippen molar-refractivity contribution in [2.24, 2.45) is 4.99 Å². The zero-order valence-electron chi connectivity index (χ0n) is 18.8. The Morgan fingerprint density at radius 3 is 2.50 bits per heavy atom. The number of benzene rings is 2. The van der Waals surface area contributed by atoms with Gasteiger partial charge in [-0.15, -0.1) is 0 Å². The summed E-state index contributed by atoms with van der Waals surface area (Å²) >= 11 is 0. The number of fused-ring (bicyclic) bond motifs is 1. The van der Waals surface area contributed by atoms with Crippen molar-refractivity contribution in [2.75, 3.05) is 11.9 Å². The number of aryl methyl sites for hydroxylation is 1. The van der Waals surface area contributed by atoms with Gasteiger partial charge in [-0.1, -0.05) is 18.2 Å². The molecule has 0 spiro atoms. The molecule has 0 aliphatic heterocycles. The number of nitriles is 1. The number of pyridine rings is 2. The number of nitrogens with zero attached hydrogens (tertiary/aromatic N) is 7. The Morgan fingerprint density at radius 2 is 1.74 bits per heavy atom. The van der Waals surface area contributed by atoms with E-state index >= 15 is 0 Å². The summed E-state index contributed by atoms with van der Waals surface area (Å²) in [6.45, 7) is 2.03. The molecule has 0 saturated carbocycles. The molecule has 7 heteroatoms. The van der Waals surface area contributed by atoms with Crippen LogP contribution < -0.4 is 4.90 Å². The van der Waals surface area contributed by atoms with Crippen LogP contribution in [0.3, 0.4) is 0 Å². The fourth-order valence-corrected chi connectivity index (χ4v) is 3.90. The van der Waals surface area contributed by atoms with Crippen LogP contribution >= 0.6 is 0 Å². The number of aliphatic imine (C=N–C) groups is 1. The molecule has 0 fully saturated rings. The largest absolute Gasteiger partial charge is 0.285 e. The second kappa shape index (κ2) is 8.96. The molecule has 0 aliphatic carbocycles. The Balaban J connectivity index is 1.74. The number of hydrogen-bond donors (Lipinski definition) is 0. The molecular formula is C27H21N7. The lowest BCUT2D eigenvalue weighted by molar-refractivity contribution is 1.06. The van der Waals surface area contributed by atoms with E-state index in [-0.39, 0.29) is 0 Å². The average Bonchev–Trinajstić information content (AvgIpc) is 3.32. The van der Waals surface area contributed by atoms with Crippen molar-refractivity contribution in [2.45, 2.75) is 6.92 Å². The van der Waals surface area contributed by atoms with Gasteiger partial charge in [-0.05, 0) is 72.1 Å². The van der Waals surface area contributed by atoms with Crippen LogP contribution in [0.5, 0.6) is 0 Å². The van der Waals surface area contributed by atoms with Crippen LogP contribution in [-0.4, -0.2) is 32.9 Å². The summed E-state index contributed by atoms with van der Waals surface area (Å²) in [6, 6.07) is 23.7. The summed E-state index contributed by atoms with van der Waals surface area (Å²) < 4.78 is 1.97. The molecule has 0 amide bonds. The Hall–Kier alpha value is -4.83. The molecule has 34 heavy (non-hydrogen) atoms. The van der Waals surface area contributed by atoms with E-state index in [1.807, 2.05) is 64.9 Å². The zero-order valence-corrected chi connectivity index (χ0v) is 18.8. The normalized spacial score (nSPS) is 11.1. The lowest BCUT2D eigenvalue weighted by Gasteiger charge is -2.22. The summed E-state index contributed by atoms with van der Waals surface area (Å²) in [4.78, 5) is 19.9. The van der Waals surface area contributed by atoms with Crippen LogP contribution in [0.4, 0.5) is 11.5 Å². The lowest BCUT2D eigenvalue weighted by atomic mass is 10.0. The first-order valence-electron chi connectivity index (χ1n) is 10.7. The summed E-state index contributed by atoms with van der Waals surface area (Å²) in [7, 11) is 1.74. The smallest absolute Gasteiger partial charge is 0.164 e. The van der Waals surface area contributed by atoms with Gasteiger partial charge in [0.1, 0.15) is 17.7 Å². The van der Waals surface area contributed by atoms with E-state index in [0.717, 1.165) is 45.0 Å². The van der Waals surface area contributed by atoms with Crippen LogP contribution in [0.15, 0.2) is 90.4 Å². The number of rotatable bonds is 5. The molecule has 164 valence electrons. The third-order valence-electron chi connectivity index (χ3n) is 5.55. The number of aromatic nitrogens is 4. The predicted molar refractivity (Wildman–Crippen MR) is 135 cm³/mol. The first-order valence-corrected chi connectivity index (χ1v) is 10.7. The van der Waals surface area contributed by atoms with E-state index < -0.39 is 0 Å². The van der Waals surface area contributed by atoms with Crippen molar-refractivity contribution in [3.63, 3.8) is 0 Å². The van der Waals surface area contributed by atoms with Gasteiger partial charge >= 0.3 is 0 Å². The van der Waals surface area contributed by atoms with E-state index in [0.29, 0.717) is 5.56 Å². The molecule has 5 aromatic rings. The van der Waals surface area contributed by atoms with Crippen LogP contribution in [0.25, 0.3) is 28.0 Å². The third kappa shape index (κ3) is 3.89. The van der Waals surface area contributed by atoms with Gasteiger partial charge in [0.25, 0.3) is 0 Å². The fraction of sp³-hybridized carbons (Fsp3) is 0.0741. The highest BCUT2D eigenvalue weighted by Crippen LogP contribution is 2.33. The molecule has 0 unspecified atom stereocenters. The second-order valence-corrected chi connectivity index (χ2v) is 7.78. The summed E-state index contributed by atoms with van der Waals surface area (Å²) in [5.74, 6) is 0.796. The second-order valence-electron chi connectivity index (χ2n) is 7.78. The number of anilines is 2. The lowest BCUT2D eigenvalue weighted by Crippen LogP contribution is -2.17. The predicted octanol–water partition coefficient (Wildman–Crippen LogP) is 5.46. The fourth-order valence-electron chi connectivity index (χ4n) is 3.90. The van der Waals surface area contributed by atoms with Crippen LogP contribution in [0.2, 0.25) is 0 Å². The van der Waals surface area contributed by atoms with Crippen molar-refractivity contribution in [3.05, 3.63) is 96.6 Å². The van der Waals surface area contributed by atoms with Gasteiger partial charge in [0.2, 0.25) is 0 Å². The maximum Gasteiger partial charge on any atom is 0.164 e. The highest BCUT2D eigenvalue weighted by atomic mass is 15.2. The quantitative estimate of drug-likeness (QED) is 0.266. The molecule has 5 rings (SSSR count). The van der Waals surface area contributed by atoms with Crippen molar-refractivity contribution < 1.29 is 0 Å². The maximum atomic E-state index is 9.20. The summed E-state index contributed by atoms with van der Waals surface area (Å²) in [6.07, 6.45) is 7.08. The molecule has 7 nitrogen and oxygen atoms in total. The van der Waals surface area contributed by atoms with Gasteiger partial charge in [-0.3, -0.25) is 14.5 Å². The van der Waals surface area contributed by atoms with E-state index in [9.17, 15) is 5.26 Å². The van der Waals surface area contributed by atoms with Crippen molar-refractivity contribution in [1.82, 2.24) is 19.5 Å². The molecule has 0 atom stereocenters. The molecule has 0 saturated heterocycles. The molecule has 0 N–H and O–H groups in total. The highest BCUT2D eigenvalue weighted by molar-refractivity contribution is 5.91. The van der Waals surface area contributed by atoms with Gasteiger partial charge in [-0.2, -0.15) is 5.26 Å². The topological polar surface area (TPSA) is 83.0 Å². The van der Waals surface area contributed by atoms with Crippen molar-refractivity contribution in [1.29, 1.82) is 5.26 Å². The number of imidazole rings is 1. The Bertz CT molecular complexity index is 1540. The van der Waals surface area contributed by atoms with E-state index in [1.165, 1.54) is 0 Å². The average molecular weight is 444 g/mol. The van der Waals surface area contributed by atoms with Gasteiger partial charge in [0.05, 0.1) is 29.3 Å². The van der Waals surface area contributed by atoms with Crippen LogP contribution in [0.1, 0.15) is 11.1 Å². The summed E-state index contributed by atoms with van der Waals surface area (Å²) in [5.41, 5.74) is 7.01. The van der Waals surface area contributed by atoms with E-state index in [1.54, 1.807) is 32.1 Å². The van der Waals surface area contributed by atoms with E-state index in [2.05, 4.69) is 44.2 Å². The minimum absolute atomic E-state index is 0.619. The molecule has 0 aliphatic rings. The van der Waals surface area contributed by atoms with Crippen molar-refractivity contribution >= 4 is 29.0 Å². The van der Waals surface area contributed by atoms with Gasteiger partial charge in [-0.25, -0.2) is 15.0 Å². The minimum Gasteiger partial charge on any atom is -0.285 e. The molecule has 3 aromatic heterocycles. The van der Waals surface area contributed by atoms with Gasteiger partial charge in [0.15, 0.2) is 5.65 Å². The Labute approximate surface area is 197 Å². The monoisotopic (exact) mass is 443 g/mol. The van der Waals surface area contributed by atoms with Crippen molar-refractivity contribution in [3.8, 4) is 22.9 Å². The SMILES string of the molecule is CN=CN(c1cc(-c2ccc(C#N)cc2)cc(-n2cnc3cccnc32)c1)c1ncccc1C. The van der Waals surface area contributed by atoms with E-state index in [4.69, 9.17) is 0 Å².